The van der Waals surface area contributed by atoms with Gasteiger partial charge >= 0.3 is 0 Å². The number of amides is 1. The van der Waals surface area contributed by atoms with E-state index in [9.17, 15) is 9.59 Å². The van der Waals surface area contributed by atoms with Crippen molar-refractivity contribution in [3.63, 3.8) is 0 Å². The molecule has 0 aliphatic rings. The quantitative estimate of drug-likeness (QED) is 0.915. The monoisotopic (exact) mass is 300 g/mol. The fourth-order valence-electron chi connectivity index (χ4n) is 2.48. The van der Waals surface area contributed by atoms with Crippen LogP contribution in [0.3, 0.4) is 0 Å². The number of aryl methyl sites for hydroxylation is 3. The summed E-state index contributed by atoms with van der Waals surface area (Å²) in [5.41, 5.74) is 3.42. The number of hydrogen-bond donors (Lipinski definition) is 2. The third-order valence-corrected chi connectivity index (χ3v) is 3.76. The number of aromatic nitrogens is 1. The van der Waals surface area contributed by atoms with Crippen molar-refractivity contribution in [3.8, 4) is 0 Å². The second-order valence-corrected chi connectivity index (χ2v) is 6.89. The van der Waals surface area contributed by atoms with Crippen LogP contribution >= 0.6 is 0 Å². The van der Waals surface area contributed by atoms with E-state index in [4.69, 9.17) is 0 Å². The van der Waals surface area contributed by atoms with Crippen LogP contribution in [0.25, 0.3) is 10.9 Å². The topological polar surface area (TPSA) is 62.0 Å². The second kappa shape index (κ2) is 5.95. The van der Waals surface area contributed by atoms with Crippen LogP contribution in [-0.2, 0) is 11.2 Å². The molecule has 0 unspecified atom stereocenters. The maximum Gasteiger partial charge on any atom is 0.251 e. The molecule has 1 aromatic carbocycles. The molecule has 0 saturated carbocycles. The number of pyridine rings is 1. The first-order valence-electron chi connectivity index (χ1n) is 7.60. The van der Waals surface area contributed by atoms with Crippen molar-refractivity contribution in [2.75, 3.05) is 0 Å². The zero-order valence-corrected chi connectivity index (χ0v) is 14.0. The van der Waals surface area contributed by atoms with E-state index >= 15 is 0 Å². The molecule has 1 amide bonds. The Balaban J connectivity index is 2.23. The summed E-state index contributed by atoms with van der Waals surface area (Å²) >= 11 is 0. The van der Waals surface area contributed by atoms with Gasteiger partial charge in [-0.3, -0.25) is 9.59 Å². The number of aromatic amines is 1. The summed E-state index contributed by atoms with van der Waals surface area (Å²) in [4.78, 5) is 27.0. The predicted molar refractivity (Wildman–Crippen MR) is 90.3 cm³/mol. The summed E-state index contributed by atoms with van der Waals surface area (Å²) in [6.07, 6.45) is 0.761. The highest BCUT2D eigenvalue weighted by Crippen LogP contribution is 2.19. The molecule has 0 aliphatic carbocycles. The molecule has 1 aromatic heterocycles. The van der Waals surface area contributed by atoms with Crippen LogP contribution < -0.4 is 10.9 Å². The third-order valence-electron chi connectivity index (χ3n) is 3.76. The molecular weight excluding hydrogens is 276 g/mol. The highest BCUT2D eigenvalue weighted by molar-refractivity contribution is 5.83. The Labute approximate surface area is 130 Å². The Morgan fingerprint density at radius 2 is 1.91 bits per heavy atom. The van der Waals surface area contributed by atoms with Crippen molar-refractivity contribution in [1.82, 2.24) is 10.3 Å². The van der Waals surface area contributed by atoms with Crippen LogP contribution in [0.2, 0.25) is 0 Å². The largest absolute Gasteiger partial charge is 0.351 e. The average molecular weight is 300 g/mol. The number of fused-ring (bicyclic) bond motifs is 1. The van der Waals surface area contributed by atoms with Gasteiger partial charge in [0.15, 0.2) is 0 Å². The highest BCUT2D eigenvalue weighted by atomic mass is 16.1. The summed E-state index contributed by atoms with van der Waals surface area (Å²) in [6.45, 7) is 9.86. The molecule has 1 heterocycles. The molecule has 2 aromatic rings. The summed E-state index contributed by atoms with van der Waals surface area (Å²) in [6, 6.07) is 5.95. The second-order valence-electron chi connectivity index (χ2n) is 6.89. The maximum absolute atomic E-state index is 12.2. The van der Waals surface area contributed by atoms with E-state index in [1.165, 1.54) is 0 Å². The fourth-order valence-corrected chi connectivity index (χ4v) is 2.48. The lowest BCUT2D eigenvalue weighted by atomic mass is 10.0. The van der Waals surface area contributed by atoms with Crippen LogP contribution in [0.1, 0.15) is 43.9 Å². The molecule has 0 atom stereocenters. The van der Waals surface area contributed by atoms with Crippen molar-refractivity contribution >= 4 is 16.8 Å². The van der Waals surface area contributed by atoms with Crippen LogP contribution in [0.5, 0.6) is 0 Å². The van der Waals surface area contributed by atoms with E-state index < -0.39 is 0 Å². The van der Waals surface area contributed by atoms with E-state index in [0.717, 1.165) is 22.0 Å². The Morgan fingerprint density at radius 1 is 1.23 bits per heavy atom. The molecule has 22 heavy (non-hydrogen) atoms. The zero-order chi connectivity index (χ0) is 16.5. The number of benzene rings is 1. The van der Waals surface area contributed by atoms with Gasteiger partial charge in [0, 0.05) is 17.5 Å². The van der Waals surface area contributed by atoms with Crippen molar-refractivity contribution in [2.45, 2.75) is 53.0 Å². The Bertz CT molecular complexity index is 767. The number of H-pyrrole nitrogens is 1. The Kier molecular flexibility index (Phi) is 4.40. The fraction of sp³-hybridized carbons (Fsp3) is 0.444. The third kappa shape index (κ3) is 3.75. The van der Waals surface area contributed by atoms with Crippen molar-refractivity contribution in [1.29, 1.82) is 0 Å². The summed E-state index contributed by atoms with van der Waals surface area (Å²) in [5.74, 6) is -0.0351. The van der Waals surface area contributed by atoms with Gasteiger partial charge in [0.2, 0.25) is 5.91 Å². The number of hydrogen-bond acceptors (Lipinski definition) is 2. The minimum atomic E-state index is -0.248. The normalized spacial score (nSPS) is 11.7. The van der Waals surface area contributed by atoms with Gasteiger partial charge in [-0.15, -0.1) is 0 Å². The van der Waals surface area contributed by atoms with Gasteiger partial charge in [-0.05, 0) is 63.6 Å². The average Bonchev–Trinajstić information content (AvgIpc) is 2.40. The molecule has 0 radical (unpaired) electrons. The lowest BCUT2D eigenvalue weighted by Crippen LogP contribution is -2.40. The van der Waals surface area contributed by atoms with Gasteiger partial charge in [0.25, 0.3) is 5.56 Å². The maximum atomic E-state index is 12.2. The van der Waals surface area contributed by atoms with Crippen LogP contribution in [-0.4, -0.2) is 16.4 Å². The smallest absolute Gasteiger partial charge is 0.251 e. The van der Waals surface area contributed by atoms with E-state index in [1.54, 1.807) is 0 Å². The standard InChI is InChI=1S/C18H24N2O2/c1-11-6-7-13-10-14(17(22)19-16(13)12(11)2)8-9-15(21)20-18(3,4)5/h6-7,10H,8-9H2,1-5H3,(H,19,22)(H,20,21). The van der Waals surface area contributed by atoms with E-state index in [0.29, 0.717) is 18.4 Å². The summed E-state index contributed by atoms with van der Waals surface area (Å²) < 4.78 is 0. The minimum absolute atomic E-state index is 0.0351. The molecule has 0 spiro atoms. The van der Waals surface area contributed by atoms with Gasteiger partial charge in [0.1, 0.15) is 0 Å². The predicted octanol–water partition coefficient (Wildman–Crippen LogP) is 2.99. The van der Waals surface area contributed by atoms with Gasteiger partial charge in [-0.25, -0.2) is 0 Å². The summed E-state index contributed by atoms with van der Waals surface area (Å²) in [5, 5.41) is 3.92. The van der Waals surface area contributed by atoms with Crippen molar-refractivity contribution in [3.05, 3.63) is 45.2 Å². The zero-order valence-electron chi connectivity index (χ0n) is 14.0. The first kappa shape index (κ1) is 16.3. The number of carbonyl (C=O) groups is 1. The van der Waals surface area contributed by atoms with E-state index in [2.05, 4.69) is 10.3 Å². The molecular formula is C18H24N2O2. The first-order valence-corrected chi connectivity index (χ1v) is 7.60. The molecule has 0 saturated heterocycles. The first-order chi connectivity index (χ1) is 10.2. The van der Waals surface area contributed by atoms with Crippen molar-refractivity contribution in [2.24, 2.45) is 0 Å². The molecule has 2 N–H and O–H groups in total. The molecule has 0 aliphatic heterocycles. The lowest BCUT2D eigenvalue weighted by Gasteiger charge is -2.20. The van der Waals surface area contributed by atoms with Gasteiger partial charge in [-0.1, -0.05) is 12.1 Å². The number of rotatable bonds is 3. The minimum Gasteiger partial charge on any atom is -0.351 e. The van der Waals surface area contributed by atoms with Crippen LogP contribution in [0, 0.1) is 13.8 Å². The van der Waals surface area contributed by atoms with Gasteiger partial charge in [0.05, 0.1) is 5.52 Å². The Morgan fingerprint density at radius 3 is 2.55 bits per heavy atom. The lowest BCUT2D eigenvalue weighted by molar-refractivity contribution is -0.122. The molecule has 118 valence electrons. The van der Waals surface area contributed by atoms with E-state index in [-0.39, 0.29) is 17.0 Å². The van der Waals surface area contributed by atoms with Crippen LogP contribution in [0.15, 0.2) is 23.0 Å². The molecule has 4 nitrogen and oxygen atoms in total. The van der Waals surface area contributed by atoms with Gasteiger partial charge < -0.3 is 10.3 Å². The number of carbonyl (C=O) groups excluding carboxylic acids is 1. The molecule has 2 rings (SSSR count). The molecule has 0 fully saturated rings. The summed E-state index contributed by atoms with van der Waals surface area (Å²) in [7, 11) is 0. The van der Waals surface area contributed by atoms with E-state index in [1.807, 2.05) is 52.8 Å². The molecule has 4 heteroatoms. The van der Waals surface area contributed by atoms with Gasteiger partial charge in [-0.2, -0.15) is 0 Å². The number of nitrogens with one attached hydrogen (secondary N) is 2. The SMILES string of the molecule is Cc1ccc2cc(CCC(=O)NC(C)(C)C)c(=O)[nH]c2c1C. The highest BCUT2D eigenvalue weighted by Gasteiger charge is 2.14. The van der Waals surface area contributed by atoms with Crippen molar-refractivity contribution < 1.29 is 4.79 Å². The molecule has 0 bridgehead atoms. The van der Waals surface area contributed by atoms with Crippen LogP contribution in [0.4, 0.5) is 0 Å². The Hall–Kier alpha value is -2.10.